The summed E-state index contributed by atoms with van der Waals surface area (Å²) in [7, 11) is 0. The van der Waals surface area contributed by atoms with E-state index in [1.54, 1.807) is 11.0 Å². The second kappa shape index (κ2) is 6.32. The molecule has 7 nitrogen and oxygen atoms in total. The smallest absolute Gasteiger partial charge is 0.158 e. The molecule has 0 bridgehead atoms. The van der Waals surface area contributed by atoms with Crippen LogP contribution in [0.5, 0.6) is 0 Å². The minimum absolute atomic E-state index is 0.413. The number of tetrazole rings is 1. The highest BCUT2D eigenvalue weighted by atomic mass is 79.9. The first-order valence-corrected chi connectivity index (χ1v) is 8.08. The standard InChI is InChI=1S/C16H12BrN7/c17-13-8-6-12(7-9-13)16-19-22-23(21-16)11-14-10-18-24(20-14)15-4-2-1-3-5-15/h1-10H,11H2. The molecule has 24 heavy (non-hydrogen) atoms. The molecule has 4 aromatic rings. The Labute approximate surface area is 146 Å². The molecule has 0 aliphatic carbocycles. The molecule has 2 aromatic heterocycles. The summed E-state index contributed by atoms with van der Waals surface area (Å²) in [6.45, 7) is 0.413. The second-order valence-corrected chi connectivity index (χ2v) is 6.03. The van der Waals surface area contributed by atoms with Crippen molar-refractivity contribution in [2.75, 3.05) is 0 Å². The Kier molecular flexibility index (Phi) is 3.87. The molecule has 0 fully saturated rings. The van der Waals surface area contributed by atoms with Crippen LogP contribution in [0.1, 0.15) is 5.69 Å². The van der Waals surface area contributed by atoms with Crippen LogP contribution < -0.4 is 0 Å². The first kappa shape index (κ1) is 14.7. The zero-order valence-corrected chi connectivity index (χ0v) is 14.1. The predicted octanol–water partition coefficient (Wildman–Crippen LogP) is 2.73. The van der Waals surface area contributed by atoms with E-state index in [0.717, 1.165) is 21.4 Å². The number of benzene rings is 2. The van der Waals surface area contributed by atoms with E-state index >= 15 is 0 Å². The maximum absolute atomic E-state index is 4.44. The molecule has 0 amide bonds. The van der Waals surface area contributed by atoms with Crippen LogP contribution in [0, 0.1) is 0 Å². The molecule has 0 spiro atoms. The fourth-order valence-corrected chi connectivity index (χ4v) is 2.49. The molecule has 0 saturated heterocycles. The highest BCUT2D eigenvalue weighted by Crippen LogP contribution is 2.17. The third-order valence-electron chi connectivity index (χ3n) is 3.39. The molecule has 8 heteroatoms. The zero-order chi connectivity index (χ0) is 16.4. The van der Waals surface area contributed by atoms with Gasteiger partial charge < -0.3 is 0 Å². The SMILES string of the molecule is Brc1ccc(-c2nnn(Cc3cnn(-c4ccccc4)n3)n2)cc1. The number of rotatable bonds is 4. The van der Waals surface area contributed by atoms with Gasteiger partial charge in [-0.3, -0.25) is 0 Å². The molecular formula is C16H12BrN7. The van der Waals surface area contributed by atoms with E-state index in [9.17, 15) is 0 Å². The first-order chi connectivity index (χ1) is 11.8. The van der Waals surface area contributed by atoms with Crippen LogP contribution in [-0.2, 0) is 6.54 Å². The molecule has 0 aliphatic heterocycles. The van der Waals surface area contributed by atoms with Gasteiger partial charge in [-0.1, -0.05) is 34.1 Å². The molecule has 0 saturated carbocycles. The molecule has 0 unspecified atom stereocenters. The number of nitrogens with zero attached hydrogens (tertiary/aromatic N) is 7. The lowest BCUT2D eigenvalue weighted by atomic mass is 10.2. The molecular weight excluding hydrogens is 370 g/mol. The van der Waals surface area contributed by atoms with Gasteiger partial charge in [0.15, 0.2) is 0 Å². The fraction of sp³-hybridized carbons (Fsp3) is 0.0625. The van der Waals surface area contributed by atoms with Crippen molar-refractivity contribution in [1.29, 1.82) is 0 Å². The van der Waals surface area contributed by atoms with Crippen molar-refractivity contribution in [3.05, 3.63) is 71.0 Å². The Morgan fingerprint density at radius 2 is 1.71 bits per heavy atom. The largest absolute Gasteiger partial charge is 0.204 e. The maximum atomic E-state index is 4.44. The van der Waals surface area contributed by atoms with E-state index in [-0.39, 0.29) is 0 Å². The van der Waals surface area contributed by atoms with E-state index in [1.807, 2.05) is 54.6 Å². The average molecular weight is 382 g/mol. The van der Waals surface area contributed by atoms with E-state index in [0.29, 0.717) is 12.4 Å². The van der Waals surface area contributed by atoms with Gasteiger partial charge in [-0.25, -0.2) is 0 Å². The highest BCUT2D eigenvalue weighted by Gasteiger charge is 2.08. The number of para-hydroxylation sites is 1. The summed E-state index contributed by atoms with van der Waals surface area (Å²) in [5.74, 6) is 0.581. The highest BCUT2D eigenvalue weighted by molar-refractivity contribution is 9.10. The van der Waals surface area contributed by atoms with Crippen molar-refractivity contribution in [3.8, 4) is 17.1 Å². The van der Waals surface area contributed by atoms with E-state index < -0.39 is 0 Å². The van der Waals surface area contributed by atoms with Gasteiger partial charge >= 0.3 is 0 Å². The second-order valence-electron chi connectivity index (χ2n) is 5.11. The van der Waals surface area contributed by atoms with Crippen LogP contribution >= 0.6 is 15.9 Å². The number of aromatic nitrogens is 7. The van der Waals surface area contributed by atoms with Gasteiger partial charge in [-0.2, -0.15) is 19.8 Å². The topological polar surface area (TPSA) is 74.3 Å². The summed E-state index contributed by atoms with van der Waals surface area (Å²) in [5, 5.41) is 21.3. The van der Waals surface area contributed by atoms with Gasteiger partial charge in [0.05, 0.1) is 11.9 Å². The van der Waals surface area contributed by atoms with Crippen LogP contribution in [0.2, 0.25) is 0 Å². The minimum Gasteiger partial charge on any atom is -0.158 e. The van der Waals surface area contributed by atoms with Gasteiger partial charge in [0.1, 0.15) is 12.2 Å². The Morgan fingerprint density at radius 1 is 0.917 bits per heavy atom. The van der Waals surface area contributed by atoms with Crippen LogP contribution in [0.25, 0.3) is 17.1 Å². The van der Waals surface area contributed by atoms with Crippen molar-refractivity contribution in [1.82, 2.24) is 35.2 Å². The van der Waals surface area contributed by atoms with Gasteiger partial charge in [0.25, 0.3) is 0 Å². The van der Waals surface area contributed by atoms with Crippen LogP contribution in [0.15, 0.2) is 65.3 Å². The Hall–Kier alpha value is -2.87. The average Bonchev–Trinajstić information content (AvgIpc) is 3.27. The molecule has 2 heterocycles. The van der Waals surface area contributed by atoms with Gasteiger partial charge in [0, 0.05) is 10.0 Å². The molecule has 0 atom stereocenters. The van der Waals surface area contributed by atoms with Gasteiger partial charge in [-0.05, 0) is 41.6 Å². The Bertz CT molecular complexity index is 944. The molecule has 0 N–H and O–H groups in total. The van der Waals surface area contributed by atoms with Crippen molar-refractivity contribution in [2.45, 2.75) is 6.54 Å². The van der Waals surface area contributed by atoms with Crippen molar-refractivity contribution >= 4 is 15.9 Å². The monoisotopic (exact) mass is 381 g/mol. The first-order valence-electron chi connectivity index (χ1n) is 7.28. The van der Waals surface area contributed by atoms with Crippen LogP contribution in [0.4, 0.5) is 0 Å². The summed E-state index contributed by atoms with van der Waals surface area (Å²) in [4.78, 5) is 3.10. The Morgan fingerprint density at radius 3 is 2.50 bits per heavy atom. The Balaban J connectivity index is 1.52. The zero-order valence-electron chi connectivity index (χ0n) is 12.5. The number of halogens is 1. The third-order valence-corrected chi connectivity index (χ3v) is 3.91. The predicted molar refractivity (Wildman–Crippen MR) is 91.4 cm³/mol. The van der Waals surface area contributed by atoms with Crippen molar-refractivity contribution < 1.29 is 0 Å². The molecule has 4 rings (SSSR count). The fourth-order valence-electron chi connectivity index (χ4n) is 2.22. The lowest BCUT2D eigenvalue weighted by Crippen LogP contribution is -2.06. The summed E-state index contributed by atoms with van der Waals surface area (Å²) in [6, 6.07) is 17.5. The normalized spacial score (nSPS) is 10.9. The number of hydrogen-bond acceptors (Lipinski definition) is 5. The molecule has 0 radical (unpaired) electrons. The van der Waals surface area contributed by atoms with E-state index in [1.165, 1.54) is 4.80 Å². The van der Waals surface area contributed by atoms with Crippen LogP contribution in [0.3, 0.4) is 0 Å². The summed E-state index contributed by atoms with van der Waals surface area (Å²) < 4.78 is 1.01. The molecule has 118 valence electrons. The lowest BCUT2D eigenvalue weighted by molar-refractivity contribution is 0.560. The van der Waals surface area contributed by atoms with E-state index in [4.69, 9.17) is 0 Å². The van der Waals surface area contributed by atoms with Gasteiger partial charge in [0.2, 0.25) is 5.82 Å². The number of hydrogen-bond donors (Lipinski definition) is 0. The minimum atomic E-state index is 0.413. The summed E-state index contributed by atoms with van der Waals surface area (Å²) in [5.41, 5.74) is 2.59. The van der Waals surface area contributed by atoms with E-state index in [2.05, 4.69) is 41.5 Å². The quantitative estimate of drug-likeness (QED) is 0.543. The summed E-state index contributed by atoms with van der Waals surface area (Å²) in [6.07, 6.45) is 1.70. The molecule has 0 aliphatic rings. The van der Waals surface area contributed by atoms with Crippen molar-refractivity contribution in [2.24, 2.45) is 0 Å². The summed E-state index contributed by atoms with van der Waals surface area (Å²) >= 11 is 3.41. The van der Waals surface area contributed by atoms with Gasteiger partial charge in [-0.15, -0.1) is 10.2 Å². The van der Waals surface area contributed by atoms with Crippen molar-refractivity contribution in [3.63, 3.8) is 0 Å². The lowest BCUT2D eigenvalue weighted by Gasteiger charge is -1.97. The molecule has 2 aromatic carbocycles. The van der Waals surface area contributed by atoms with Crippen LogP contribution in [-0.4, -0.2) is 35.2 Å². The maximum Gasteiger partial charge on any atom is 0.204 e. The third kappa shape index (κ3) is 3.09.